The summed E-state index contributed by atoms with van der Waals surface area (Å²) in [6, 6.07) is 17.0. The minimum atomic E-state index is -0.303. The highest BCUT2D eigenvalue weighted by molar-refractivity contribution is 6.30. The number of fused-ring (bicyclic) bond motifs is 1. The molecule has 0 bridgehead atoms. The summed E-state index contributed by atoms with van der Waals surface area (Å²) < 4.78 is 12.7. The van der Waals surface area contributed by atoms with Crippen LogP contribution in [0.4, 0.5) is 0 Å². The molecule has 0 spiro atoms. The quantitative estimate of drug-likeness (QED) is 0.468. The van der Waals surface area contributed by atoms with Crippen molar-refractivity contribution in [2.24, 2.45) is 7.05 Å². The van der Waals surface area contributed by atoms with E-state index in [4.69, 9.17) is 20.9 Å². The Hall–Kier alpha value is -3.05. The lowest BCUT2D eigenvalue weighted by Gasteiger charge is -2.01. The van der Waals surface area contributed by atoms with Gasteiger partial charge in [-0.3, -0.25) is 4.79 Å². The first-order chi connectivity index (χ1) is 13.1. The number of hydrogen-bond donors (Lipinski definition) is 0. The maximum Gasteiger partial charge on any atom is 0.310 e. The first kappa shape index (κ1) is 17.4. The van der Waals surface area contributed by atoms with Crippen LogP contribution in [-0.4, -0.2) is 15.7 Å². The molecule has 0 aliphatic carbocycles. The second kappa shape index (κ2) is 7.29. The number of aryl methyl sites for hydroxylation is 1. The van der Waals surface area contributed by atoms with Crippen LogP contribution in [0.2, 0.25) is 5.02 Å². The van der Waals surface area contributed by atoms with Crippen molar-refractivity contribution in [3.05, 3.63) is 77.1 Å². The van der Waals surface area contributed by atoms with Crippen LogP contribution in [-0.2, 0) is 29.6 Å². The zero-order valence-electron chi connectivity index (χ0n) is 14.7. The number of halogens is 1. The number of esters is 1. The molecule has 0 aliphatic rings. The maximum absolute atomic E-state index is 12.2. The zero-order valence-corrected chi connectivity index (χ0v) is 15.4. The van der Waals surface area contributed by atoms with E-state index in [1.165, 1.54) is 0 Å². The number of hydrogen-bond acceptors (Lipinski definition) is 4. The molecule has 0 saturated heterocycles. The molecule has 4 aromatic rings. The first-order valence-electron chi connectivity index (χ1n) is 8.50. The summed E-state index contributed by atoms with van der Waals surface area (Å²) in [4.78, 5) is 12.2. The summed E-state index contributed by atoms with van der Waals surface area (Å²) in [7, 11) is 1.96. The van der Waals surface area contributed by atoms with E-state index in [1.807, 2.05) is 54.2 Å². The average molecular weight is 381 g/mol. The van der Waals surface area contributed by atoms with Gasteiger partial charge in [-0.15, -0.1) is 0 Å². The fourth-order valence-electron chi connectivity index (χ4n) is 3.06. The molecule has 0 radical (unpaired) electrons. The molecule has 0 N–H and O–H groups in total. The van der Waals surface area contributed by atoms with Crippen molar-refractivity contribution in [1.29, 1.82) is 0 Å². The molecule has 136 valence electrons. The molecule has 0 amide bonds. The van der Waals surface area contributed by atoms with Gasteiger partial charge in [-0.2, -0.15) is 0 Å². The molecular weight excluding hydrogens is 364 g/mol. The van der Waals surface area contributed by atoms with Gasteiger partial charge in [0.05, 0.1) is 6.42 Å². The summed E-state index contributed by atoms with van der Waals surface area (Å²) >= 11 is 5.89. The van der Waals surface area contributed by atoms with Crippen LogP contribution in [0, 0.1) is 0 Å². The summed E-state index contributed by atoms with van der Waals surface area (Å²) in [5.74, 6) is 0.300. The van der Waals surface area contributed by atoms with Gasteiger partial charge in [-0.1, -0.05) is 35.0 Å². The number of carbonyl (C=O) groups is 1. The van der Waals surface area contributed by atoms with Crippen LogP contribution in [0.25, 0.3) is 22.2 Å². The Labute approximate surface area is 161 Å². The average Bonchev–Trinajstić information content (AvgIpc) is 3.26. The number of aromatic nitrogens is 2. The maximum atomic E-state index is 12.2. The van der Waals surface area contributed by atoms with Gasteiger partial charge in [0.15, 0.2) is 5.76 Å². The lowest BCUT2D eigenvalue weighted by Crippen LogP contribution is -2.07. The Kier molecular flexibility index (Phi) is 4.69. The molecule has 5 nitrogen and oxygen atoms in total. The van der Waals surface area contributed by atoms with Crippen molar-refractivity contribution in [2.45, 2.75) is 13.0 Å². The second-order valence-corrected chi connectivity index (χ2v) is 6.75. The normalized spacial score (nSPS) is 11.0. The third-order valence-corrected chi connectivity index (χ3v) is 4.63. The smallest absolute Gasteiger partial charge is 0.310 e. The molecule has 6 heteroatoms. The number of benzene rings is 2. The predicted octanol–water partition coefficient (Wildman–Crippen LogP) is 4.77. The van der Waals surface area contributed by atoms with Crippen LogP contribution in [0.1, 0.15) is 11.3 Å². The number of carbonyl (C=O) groups excluding carboxylic acids is 1. The summed E-state index contributed by atoms with van der Waals surface area (Å²) in [5, 5.41) is 5.67. The molecule has 0 fully saturated rings. The fraction of sp³-hybridized carbons (Fsp3) is 0.143. The van der Waals surface area contributed by atoms with Gasteiger partial charge >= 0.3 is 5.97 Å². The number of para-hydroxylation sites is 1. The Morgan fingerprint density at radius 2 is 1.96 bits per heavy atom. The number of ether oxygens (including phenoxy) is 1. The topological polar surface area (TPSA) is 57.3 Å². The van der Waals surface area contributed by atoms with Gasteiger partial charge in [-0.25, -0.2) is 0 Å². The van der Waals surface area contributed by atoms with Gasteiger partial charge in [0.1, 0.15) is 12.3 Å². The van der Waals surface area contributed by atoms with Crippen molar-refractivity contribution in [2.75, 3.05) is 0 Å². The van der Waals surface area contributed by atoms with E-state index >= 15 is 0 Å². The van der Waals surface area contributed by atoms with Crippen LogP contribution in [0.15, 0.2) is 65.3 Å². The fourth-order valence-corrected chi connectivity index (χ4v) is 3.18. The first-order valence-corrected chi connectivity index (χ1v) is 8.88. The largest absolute Gasteiger partial charge is 0.459 e. The number of nitrogens with zero attached hydrogens (tertiary/aromatic N) is 2. The SMILES string of the molecule is Cn1cc(CC(=O)OCc2cc(-c3ccc(Cl)cc3)on2)c2ccccc21. The molecule has 2 aromatic carbocycles. The molecule has 0 unspecified atom stereocenters. The van der Waals surface area contributed by atoms with Crippen LogP contribution < -0.4 is 0 Å². The van der Waals surface area contributed by atoms with Crippen LogP contribution in [0.3, 0.4) is 0 Å². The van der Waals surface area contributed by atoms with E-state index in [2.05, 4.69) is 5.16 Å². The minimum Gasteiger partial charge on any atom is -0.459 e. The Morgan fingerprint density at radius 3 is 2.78 bits per heavy atom. The van der Waals surface area contributed by atoms with E-state index in [0.29, 0.717) is 16.5 Å². The zero-order chi connectivity index (χ0) is 18.8. The predicted molar refractivity (Wildman–Crippen MR) is 103 cm³/mol. The highest BCUT2D eigenvalue weighted by atomic mass is 35.5. The third-order valence-electron chi connectivity index (χ3n) is 4.38. The van der Waals surface area contributed by atoms with Crippen molar-refractivity contribution in [3.8, 4) is 11.3 Å². The van der Waals surface area contributed by atoms with E-state index < -0.39 is 0 Å². The molecular formula is C21H17ClN2O3. The number of rotatable bonds is 5. The van der Waals surface area contributed by atoms with Crippen LogP contribution >= 0.6 is 11.6 Å². The van der Waals surface area contributed by atoms with Crippen molar-refractivity contribution in [3.63, 3.8) is 0 Å². The minimum absolute atomic E-state index is 0.0701. The molecule has 2 heterocycles. The molecule has 27 heavy (non-hydrogen) atoms. The third kappa shape index (κ3) is 3.73. The van der Waals surface area contributed by atoms with E-state index in [0.717, 1.165) is 22.0 Å². The monoisotopic (exact) mass is 380 g/mol. The van der Waals surface area contributed by atoms with Crippen molar-refractivity contribution < 1.29 is 14.1 Å². The van der Waals surface area contributed by atoms with Crippen molar-refractivity contribution in [1.82, 2.24) is 9.72 Å². The Morgan fingerprint density at radius 1 is 1.19 bits per heavy atom. The lowest BCUT2D eigenvalue weighted by molar-refractivity contribution is -0.144. The molecule has 4 rings (SSSR count). The second-order valence-electron chi connectivity index (χ2n) is 6.31. The van der Waals surface area contributed by atoms with Gasteiger partial charge in [0, 0.05) is 40.8 Å². The molecule has 0 atom stereocenters. The summed E-state index contributed by atoms with van der Waals surface area (Å²) in [5.41, 5.74) is 3.45. The van der Waals surface area contributed by atoms with Crippen molar-refractivity contribution >= 4 is 28.5 Å². The molecule has 0 saturated carbocycles. The van der Waals surface area contributed by atoms with E-state index in [9.17, 15) is 4.79 Å². The van der Waals surface area contributed by atoms with Gasteiger partial charge in [0.2, 0.25) is 0 Å². The van der Waals surface area contributed by atoms with Gasteiger partial charge < -0.3 is 13.8 Å². The Bertz CT molecular complexity index is 1100. The summed E-state index contributed by atoms with van der Waals surface area (Å²) in [6.45, 7) is 0.0701. The highest BCUT2D eigenvalue weighted by Gasteiger charge is 2.13. The van der Waals surface area contributed by atoms with Gasteiger partial charge in [-0.05, 0) is 35.9 Å². The molecule has 0 aliphatic heterocycles. The molecule has 2 aromatic heterocycles. The van der Waals surface area contributed by atoms with E-state index in [-0.39, 0.29) is 19.0 Å². The summed E-state index contributed by atoms with van der Waals surface area (Å²) in [6.07, 6.45) is 2.17. The van der Waals surface area contributed by atoms with Crippen LogP contribution in [0.5, 0.6) is 0 Å². The van der Waals surface area contributed by atoms with E-state index in [1.54, 1.807) is 18.2 Å². The Balaban J connectivity index is 1.40. The standard InChI is InChI=1S/C21H17ClN2O3/c1-24-12-15(18-4-2-3-5-19(18)24)10-21(25)26-13-17-11-20(27-23-17)14-6-8-16(22)9-7-14/h2-9,11-12H,10,13H2,1H3. The lowest BCUT2D eigenvalue weighted by atomic mass is 10.1. The highest BCUT2D eigenvalue weighted by Crippen LogP contribution is 2.23. The van der Waals surface area contributed by atoms with Gasteiger partial charge in [0.25, 0.3) is 0 Å².